The molecule has 1 aromatic carbocycles. The minimum atomic E-state index is -1.16. The molecule has 1 heterocycles. The van der Waals surface area contributed by atoms with Crippen molar-refractivity contribution in [3.63, 3.8) is 0 Å². The number of hydrogen-bond acceptors (Lipinski definition) is 3. The van der Waals surface area contributed by atoms with Crippen LogP contribution in [-0.4, -0.2) is 29.5 Å². The van der Waals surface area contributed by atoms with Crippen LogP contribution in [0.25, 0.3) is 10.9 Å². The van der Waals surface area contributed by atoms with Crippen molar-refractivity contribution in [1.82, 2.24) is 4.98 Å². The third-order valence-corrected chi connectivity index (χ3v) is 2.72. The number of carbonyl (C=O) groups is 2. The number of benzene rings is 1. The summed E-state index contributed by atoms with van der Waals surface area (Å²) in [6.45, 7) is 1.81. The Morgan fingerprint density at radius 3 is 2.71 bits per heavy atom. The van der Waals surface area contributed by atoms with Gasteiger partial charge in [0.2, 0.25) is 0 Å². The number of nitrogens with one attached hydrogen (secondary N) is 1. The number of carboxylic acids is 1. The number of ether oxygens (including phenoxy) is 1. The molecule has 5 heteroatoms. The molecule has 0 saturated heterocycles. The fraction of sp³-hybridized carbons (Fsp3) is 0.167. The molecule has 2 N–H and O–H groups in total. The monoisotopic (exact) mass is 233 g/mol. The number of carbonyl (C=O) groups excluding carboxylic acids is 1. The van der Waals surface area contributed by atoms with E-state index in [4.69, 9.17) is 9.84 Å². The Hall–Kier alpha value is -2.30. The fourth-order valence-electron chi connectivity index (χ4n) is 1.93. The summed E-state index contributed by atoms with van der Waals surface area (Å²) in [5, 5.41) is 9.62. The summed E-state index contributed by atoms with van der Waals surface area (Å²) in [6.07, 6.45) is 0.550. The molecule has 88 valence electrons. The van der Waals surface area contributed by atoms with E-state index in [2.05, 4.69) is 4.98 Å². The van der Waals surface area contributed by atoms with E-state index in [-0.39, 0.29) is 11.3 Å². The molecule has 0 atom stereocenters. The van der Waals surface area contributed by atoms with Gasteiger partial charge in [0.25, 0.3) is 0 Å². The van der Waals surface area contributed by atoms with Gasteiger partial charge in [0.1, 0.15) is 11.4 Å². The number of rotatable bonds is 3. The lowest BCUT2D eigenvalue weighted by molar-refractivity contribution is 0.0688. The Balaban J connectivity index is 2.94. The normalized spacial score (nSPS) is 10.5. The summed E-state index contributed by atoms with van der Waals surface area (Å²) in [5.41, 5.74) is 1.41. The number of H-pyrrole nitrogens is 1. The van der Waals surface area contributed by atoms with Crippen molar-refractivity contribution in [3.05, 3.63) is 29.0 Å². The van der Waals surface area contributed by atoms with E-state index in [0.717, 1.165) is 5.56 Å². The predicted octanol–water partition coefficient (Wildman–Crippen LogP) is 2.00. The Kier molecular flexibility index (Phi) is 2.59. The van der Waals surface area contributed by atoms with E-state index in [1.165, 1.54) is 7.11 Å². The van der Waals surface area contributed by atoms with Gasteiger partial charge in [-0.3, -0.25) is 4.79 Å². The molecule has 0 aliphatic carbocycles. The van der Waals surface area contributed by atoms with Gasteiger partial charge in [-0.1, -0.05) is 6.07 Å². The topological polar surface area (TPSA) is 79.4 Å². The molecule has 0 fully saturated rings. The third kappa shape index (κ3) is 1.56. The Bertz CT molecular complexity index is 612. The standard InChI is InChI=1S/C12H11NO4/c1-6-3-4-8(17-2)11-9(6)7(5-14)10(13-11)12(15)16/h3-5,13H,1-2H3,(H,15,16). The van der Waals surface area contributed by atoms with Gasteiger partial charge in [-0.2, -0.15) is 0 Å². The molecular weight excluding hydrogens is 222 g/mol. The molecule has 0 bridgehead atoms. The minimum absolute atomic E-state index is 0.109. The quantitative estimate of drug-likeness (QED) is 0.794. The SMILES string of the molecule is COc1ccc(C)c2c(C=O)c(C(=O)O)[nH]c12. The van der Waals surface area contributed by atoms with Gasteiger partial charge in [0.15, 0.2) is 6.29 Å². The van der Waals surface area contributed by atoms with Gasteiger partial charge in [0, 0.05) is 5.39 Å². The summed E-state index contributed by atoms with van der Waals surface area (Å²) in [7, 11) is 1.49. The molecular formula is C12H11NO4. The number of aldehydes is 1. The van der Waals surface area contributed by atoms with Gasteiger partial charge in [0.05, 0.1) is 18.2 Å². The van der Waals surface area contributed by atoms with E-state index >= 15 is 0 Å². The van der Waals surface area contributed by atoms with Gasteiger partial charge < -0.3 is 14.8 Å². The van der Waals surface area contributed by atoms with Crippen LogP contribution in [0, 0.1) is 6.92 Å². The smallest absolute Gasteiger partial charge is 0.353 e. The third-order valence-electron chi connectivity index (χ3n) is 2.72. The predicted molar refractivity (Wildman–Crippen MR) is 61.9 cm³/mol. The second kappa shape index (κ2) is 3.93. The zero-order valence-electron chi connectivity index (χ0n) is 9.40. The first kappa shape index (κ1) is 11.2. The Morgan fingerprint density at radius 2 is 2.18 bits per heavy atom. The number of aryl methyl sites for hydroxylation is 1. The maximum atomic E-state index is 11.0. The van der Waals surface area contributed by atoms with E-state index in [0.29, 0.717) is 22.9 Å². The molecule has 0 aliphatic heterocycles. The maximum Gasteiger partial charge on any atom is 0.353 e. The maximum absolute atomic E-state index is 11.0. The summed E-state index contributed by atoms with van der Waals surface area (Å²) < 4.78 is 5.13. The van der Waals surface area contributed by atoms with Crippen LogP contribution < -0.4 is 4.74 Å². The van der Waals surface area contributed by atoms with Crippen LogP contribution in [0.3, 0.4) is 0 Å². The molecule has 0 amide bonds. The van der Waals surface area contributed by atoms with Crippen molar-refractivity contribution in [2.24, 2.45) is 0 Å². The molecule has 1 aromatic heterocycles. The molecule has 0 saturated carbocycles. The molecule has 0 radical (unpaired) electrons. The number of carboxylic acid groups (broad SMARTS) is 1. The zero-order chi connectivity index (χ0) is 12.6. The summed E-state index contributed by atoms with van der Waals surface area (Å²) in [4.78, 5) is 24.8. The van der Waals surface area contributed by atoms with E-state index in [9.17, 15) is 9.59 Å². The van der Waals surface area contributed by atoms with Crippen molar-refractivity contribution < 1.29 is 19.4 Å². The van der Waals surface area contributed by atoms with Gasteiger partial charge >= 0.3 is 5.97 Å². The van der Waals surface area contributed by atoms with E-state index < -0.39 is 5.97 Å². The second-order valence-electron chi connectivity index (χ2n) is 3.67. The average molecular weight is 233 g/mol. The summed E-state index contributed by atoms with van der Waals surface area (Å²) in [5.74, 6) is -0.647. The van der Waals surface area contributed by atoms with Crippen molar-refractivity contribution in [2.75, 3.05) is 7.11 Å². The van der Waals surface area contributed by atoms with Crippen LogP contribution in [0.1, 0.15) is 26.4 Å². The van der Waals surface area contributed by atoms with Crippen molar-refractivity contribution in [3.8, 4) is 5.75 Å². The molecule has 2 aromatic rings. The summed E-state index contributed by atoms with van der Waals surface area (Å²) in [6, 6.07) is 3.52. The number of aromatic carboxylic acids is 1. The fourth-order valence-corrected chi connectivity index (χ4v) is 1.93. The molecule has 5 nitrogen and oxygen atoms in total. The summed E-state index contributed by atoms with van der Waals surface area (Å²) >= 11 is 0. The van der Waals surface area contributed by atoms with Crippen LogP contribution >= 0.6 is 0 Å². The van der Waals surface area contributed by atoms with Crippen LogP contribution in [0.15, 0.2) is 12.1 Å². The highest BCUT2D eigenvalue weighted by Gasteiger charge is 2.19. The number of fused-ring (bicyclic) bond motifs is 1. The number of hydrogen-bond donors (Lipinski definition) is 2. The van der Waals surface area contributed by atoms with Gasteiger partial charge in [-0.15, -0.1) is 0 Å². The van der Waals surface area contributed by atoms with Crippen LogP contribution in [0.2, 0.25) is 0 Å². The van der Waals surface area contributed by atoms with Crippen molar-refractivity contribution in [2.45, 2.75) is 6.92 Å². The minimum Gasteiger partial charge on any atom is -0.495 e. The molecule has 0 spiro atoms. The second-order valence-corrected chi connectivity index (χ2v) is 3.67. The lowest BCUT2D eigenvalue weighted by Gasteiger charge is -2.03. The van der Waals surface area contributed by atoms with Crippen molar-refractivity contribution >= 4 is 23.2 Å². The molecule has 0 unspecified atom stereocenters. The first-order valence-electron chi connectivity index (χ1n) is 4.98. The zero-order valence-corrected chi connectivity index (χ0v) is 9.40. The Labute approximate surface area is 97.0 Å². The highest BCUT2D eigenvalue weighted by molar-refractivity contribution is 6.10. The molecule has 17 heavy (non-hydrogen) atoms. The average Bonchev–Trinajstić information content (AvgIpc) is 2.70. The Morgan fingerprint density at radius 1 is 1.47 bits per heavy atom. The highest BCUT2D eigenvalue weighted by atomic mass is 16.5. The molecule has 2 rings (SSSR count). The van der Waals surface area contributed by atoms with Gasteiger partial charge in [-0.25, -0.2) is 4.79 Å². The van der Waals surface area contributed by atoms with E-state index in [1.807, 2.05) is 6.92 Å². The lowest BCUT2D eigenvalue weighted by Crippen LogP contribution is -2.00. The molecule has 0 aliphatic rings. The van der Waals surface area contributed by atoms with E-state index in [1.54, 1.807) is 12.1 Å². The lowest BCUT2D eigenvalue weighted by atomic mass is 10.1. The first-order valence-corrected chi connectivity index (χ1v) is 4.98. The van der Waals surface area contributed by atoms with Crippen molar-refractivity contribution in [1.29, 1.82) is 0 Å². The number of methoxy groups -OCH3 is 1. The first-order chi connectivity index (χ1) is 8.10. The van der Waals surface area contributed by atoms with Gasteiger partial charge in [-0.05, 0) is 18.6 Å². The van der Waals surface area contributed by atoms with Crippen LogP contribution in [0.5, 0.6) is 5.75 Å². The highest BCUT2D eigenvalue weighted by Crippen LogP contribution is 2.31. The number of aromatic amines is 1. The van der Waals surface area contributed by atoms with Crippen LogP contribution in [0.4, 0.5) is 0 Å². The largest absolute Gasteiger partial charge is 0.495 e. The number of aromatic nitrogens is 1. The van der Waals surface area contributed by atoms with Crippen LogP contribution in [-0.2, 0) is 0 Å².